The number of aliphatic hydroxyl groups is 1. The van der Waals surface area contributed by atoms with Gasteiger partial charge in [-0.05, 0) is 57.7 Å². The number of piperidine rings is 1. The Balaban J connectivity index is 1.79. The molecule has 1 unspecified atom stereocenters. The van der Waals surface area contributed by atoms with Gasteiger partial charge < -0.3 is 10.0 Å². The molecule has 2 nitrogen and oxygen atoms in total. The van der Waals surface area contributed by atoms with E-state index < -0.39 is 0 Å². The molecule has 1 aliphatic carbocycles. The van der Waals surface area contributed by atoms with Gasteiger partial charge in [0.2, 0.25) is 0 Å². The van der Waals surface area contributed by atoms with Gasteiger partial charge in [0.1, 0.15) is 0 Å². The summed E-state index contributed by atoms with van der Waals surface area (Å²) in [4.78, 5) is 2.37. The Morgan fingerprint density at radius 3 is 2.08 bits per heavy atom. The van der Waals surface area contributed by atoms with Crippen molar-refractivity contribution in [1.29, 1.82) is 0 Å². The maximum Gasteiger partial charge on any atom is 0.0597 e. The summed E-state index contributed by atoms with van der Waals surface area (Å²) in [6, 6.07) is 0. The first kappa shape index (κ1) is 9.47. The Kier molecular flexibility index (Phi) is 2.89. The largest absolute Gasteiger partial charge is 0.393 e. The second-order valence-corrected chi connectivity index (χ2v) is 4.82. The van der Waals surface area contributed by atoms with Gasteiger partial charge in [-0.3, -0.25) is 0 Å². The lowest BCUT2D eigenvalue weighted by Gasteiger charge is -2.38. The van der Waals surface area contributed by atoms with Crippen LogP contribution in [-0.4, -0.2) is 36.2 Å². The SMILES string of the molecule is CN1CCC(C(O)C2CCC2)CC1. The van der Waals surface area contributed by atoms with Gasteiger partial charge in [0.15, 0.2) is 0 Å². The molecule has 76 valence electrons. The number of hydrogen-bond acceptors (Lipinski definition) is 2. The molecule has 1 atom stereocenters. The Bertz CT molecular complexity index is 159. The number of nitrogens with zero attached hydrogens (tertiary/aromatic N) is 1. The summed E-state index contributed by atoms with van der Waals surface area (Å²) >= 11 is 0. The molecule has 0 spiro atoms. The van der Waals surface area contributed by atoms with Gasteiger partial charge in [-0.25, -0.2) is 0 Å². The first-order valence-electron chi connectivity index (χ1n) is 5.64. The highest BCUT2D eigenvalue weighted by Gasteiger charge is 2.32. The summed E-state index contributed by atoms with van der Waals surface area (Å²) in [6.07, 6.45) is 6.31. The zero-order chi connectivity index (χ0) is 9.26. The quantitative estimate of drug-likeness (QED) is 0.701. The van der Waals surface area contributed by atoms with E-state index in [1.54, 1.807) is 0 Å². The summed E-state index contributed by atoms with van der Waals surface area (Å²) in [7, 11) is 2.17. The van der Waals surface area contributed by atoms with Crippen molar-refractivity contribution < 1.29 is 5.11 Å². The normalized spacial score (nSPS) is 30.0. The van der Waals surface area contributed by atoms with Crippen LogP contribution in [0.5, 0.6) is 0 Å². The van der Waals surface area contributed by atoms with Crippen LogP contribution in [0.4, 0.5) is 0 Å². The van der Waals surface area contributed by atoms with Crippen molar-refractivity contribution in [3.05, 3.63) is 0 Å². The Hall–Kier alpha value is -0.0800. The highest BCUT2D eigenvalue weighted by atomic mass is 16.3. The Labute approximate surface area is 80.9 Å². The van der Waals surface area contributed by atoms with Crippen molar-refractivity contribution in [3.63, 3.8) is 0 Å². The molecule has 1 aliphatic heterocycles. The predicted molar refractivity (Wildman–Crippen MR) is 53.6 cm³/mol. The van der Waals surface area contributed by atoms with E-state index >= 15 is 0 Å². The number of likely N-dealkylation sites (tertiary alicyclic amines) is 1. The lowest BCUT2D eigenvalue weighted by Crippen LogP contribution is -2.40. The van der Waals surface area contributed by atoms with Crippen LogP contribution in [-0.2, 0) is 0 Å². The molecule has 2 rings (SSSR count). The van der Waals surface area contributed by atoms with E-state index in [1.165, 1.54) is 45.2 Å². The average molecular weight is 183 g/mol. The smallest absolute Gasteiger partial charge is 0.0597 e. The molecule has 2 heteroatoms. The zero-order valence-electron chi connectivity index (χ0n) is 8.58. The molecule has 13 heavy (non-hydrogen) atoms. The molecule has 2 aliphatic rings. The fourth-order valence-corrected chi connectivity index (χ4v) is 2.54. The highest BCUT2D eigenvalue weighted by Crippen LogP contribution is 2.35. The molecular formula is C11H21NO. The molecule has 1 N–H and O–H groups in total. The number of hydrogen-bond donors (Lipinski definition) is 1. The van der Waals surface area contributed by atoms with E-state index in [2.05, 4.69) is 11.9 Å². The molecule has 1 heterocycles. The molecule has 2 fully saturated rings. The van der Waals surface area contributed by atoms with Crippen LogP contribution < -0.4 is 0 Å². The van der Waals surface area contributed by atoms with Crippen LogP contribution in [0, 0.1) is 11.8 Å². The molecule has 0 aromatic rings. The highest BCUT2D eigenvalue weighted by molar-refractivity contribution is 4.84. The molecular weight excluding hydrogens is 162 g/mol. The van der Waals surface area contributed by atoms with Crippen molar-refractivity contribution in [2.75, 3.05) is 20.1 Å². The lowest BCUT2D eigenvalue weighted by atomic mass is 9.74. The monoisotopic (exact) mass is 183 g/mol. The minimum atomic E-state index is 0.0162. The van der Waals surface area contributed by atoms with Crippen molar-refractivity contribution in [1.82, 2.24) is 4.90 Å². The average Bonchev–Trinajstić information content (AvgIpc) is 2.02. The molecule has 0 aromatic heterocycles. The van der Waals surface area contributed by atoms with E-state index in [-0.39, 0.29) is 6.10 Å². The maximum absolute atomic E-state index is 10.1. The molecule has 1 saturated carbocycles. The third kappa shape index (κ3) is 2.05. The Morgan fingerprint density at radius 2 is 1.62 bits per heavy atom. The fourth-order valence-electron chi connectivity index (χ4n) is 2.54. The van der Waals surface area contributed by atoms with E-state index in [4.69, 9.17) is 0 Å². The predicted octanol–water partition coefficient (Wildman–Crippen LogP) is 1.49. The fraction of sp³-hybridized carbons (Fsp3) is 1.00. The summed E-state index contributed by atoms with van der Waals surface area (Å²) in [5, 5.41) is 10.1. The van der Waals surface area contributed by atoms with Crippen LogP contribution in [0.3, 0.4) is 0 Å². The van der Waals surface area contributed by atoms with E-state index in [1.807, 2.05) is 0 Å². The van der Waals surface area contributed by atoms with E-state index in [9.17, 15) is 5.11 Å². The van der Waals surface area contributed by atoms with Crippen molar-refractivity contribution in [3.8, 4) is 0 Å². The van der Waals surface area contributed by atoms with E-state index in [0.717, 1.165) is 0 Å². The second kappa shape index (κ2) is 3.97. The maximum atomic E-state index is 10.1. The van der Waals surface area contributed by atoms with Crippen molar-refractivity contribution in [2.24, 2.45) is 11.8 Å². The van der Waals surface area contributed by atoms with Gasteiger partial charge in [-0.15, -0.1) is 0 Å². The van der Waals surface area contributed by atoms with E-state index in [0.29, 0.717) is 11.8 Å². The Morgan fingerprint density at radius 1 is 1.08 bits per heavy atom. The van der Waals surface area contributed by atoms with Gasteiger partial charge in [0.25, 0.3) is 0 Å². The number of aliphatic hydroxyl groups excluding tert-OH is 1. The van der Waals surface area contributed by atoms with Gasteiger partial charge in [0, 0.05) is 0 Å². The van der Waals surface area contributed by atoms with Gasteiger partial charge in [0.05, 0.1) is 6.10 Å². The first-order valence-corrected chi connectivity index (χ1v) is 5.64. The standard InChI is InChI=1S/C11H21NO/c1-12-7-5-10(6-8-12)11(13)9-3-2-4-9/h9-11,13H,2-8H2,1H3. The third-order valence-corrected chi connectivity index (χ3v) is 3.88. The van der Waals surface area contributed by atoms with Gasteiger partial charge in [-0.1, -0.05) is 6.42 Å². The van der Waals surface area contributed by atoms with Crippen molar-refractivity contribution >= 4 is 0 Å². The van der Waals surface area contributed by atoms with Gasteiger partial charge >= 0.3 is 0 Å². The molecule has 0 radical (unpaired) electrons. The molecule has 0 bridgehead atoms. The molecule has 1 saturated heterocycles. The van der Waals surface area contributed by atoms with Crippen LogP contribution in [0.15, 0.2) is 0 Å². The van der Waals surface area contributed by atoms with Crippen molar-refractivity contribution in [2.45, 2.75) is 38.2 Å². The summed E-state index contributed by atoms with van der Waals surface area (Å²) in [5.41, 5.74) is 0. The van der Waals surface area contributed by atoms with Crippen LogP contribution >= 0.6 is 0 Å². The minimum Gasteiger partial charge on any atom is -0.393 e. The number of rotatable bonds is 2. The minimum absolute atomic E-state index is 0.0162. The zero-order valence-corrected chi connectivity index (χ0v) is 8.58. The second-order valence-electron chi connectivity index (χ2n) is 4.82. The summed E-state index contributed by atoms with van der Waals surface area (Å²) in [6.45, 7) is 2.35. The molecule has 0 amide bonds. The molecule has 0 aromatic carbocycles. The van der Waals surface area contributed by atoms with Gasteiger partial charge in [-0.2, -0.15) is 0 Å². The van der Waals surface area contributed by atoms with Crippen LogP contribution in [0.2, 0.25) is 0 Å². The lowest BCUT2D eigenvalue weighted by molar-refractivity contribution is -0.00656. The summed E-state index contributed by atoms with van der Waals surface area (Å²) < 4.78 is 0. The summed E-state index contributed by atoms with van der Waals surface area (Å²) in [5.74, 6) is 1.25. The topological polar surface area (TPSA) is 23.5 Å². The van der Waals surface area contributed by atoms with Crippen LogP contribution in [0.25, 0.3) is 0 Å². The third-order valence-electron chi connectivity index (χ3n) is 3.88. The van der Waals surface area contributed by atoms with Crippen LogP contribution in [0.1, 0.15) is 32.1 Å². The first-order chi connectivity index (χ1) is 6.27.